The highest BCUT2D eigenvalue weighted by Gasteiger charge is 2.22. The van der Waals surface area contributed by atoms with Crippen molar-refractivity contribution in [1.82, 2.24) is 24.7 Å². The Kier molecular flexibility index (Phi) is 7.59. The van der Waals surface area contributed by atoms with E-state index in [1.54, 1.807) is 0 Å². The monoisotopic (exact) mass is 550 g/mol. The van der Waals surface area contributed by atoms with E-state index in [1.165, 1.54) is 45.8 Å². The molecule has 1 amide bonds. The molecule has 1 aromatic carbocycles. The molecule has 0 fully saturated rings. The number of nitrogen functional groups attached to an aromatic ring is 1. The van der Waals surface area contributed by atoms with Crippen LogP contribution in [0.2, 0.25) is 0 Å². The fourth-order valence-electron chi connectivity index (χ4n) is 4.04. The number of carbonyl (C=O) groups excluding carboxylic acids is 1. The molecule has 1 aliphatic rings. The van der Waals surface area contributed by atoms with Crippen LogP contribution in [0.1, 0.15) is 34.7 Å². The zero-order valence-corrected chi connectivity index (χ0v) is 22.0. The number of fused-ring (bicyclic) bond motifs is 1. The molecule has 13 heteroatoms. The van der Waals surface area contributed by atoms with E-state index in [0.29, 0.717) is 32.5 Å². The standard InChI is InChI=1S/C24H22N8O2S3/c25-11-16-15-8-4-5-9-17(15)37-22(16)28-21(34)13-36-24-31-30-19(32(24)14-6-2-1-3-7-14)12-35-23-27-18(26)10-20(33)29-23/h1-3,6-7,10H,4-5,8-9,12-13H2,(H,28,34)(H3,26,27,29,33). The normalized spacial score (nSPS) is 12.6. The molecule has 0 saturated heterocycles. The molecule has 0 radical (unpaired) electrons. The van der Waals surface area contributed by atoms with Crippen LogP contribution in [-0.2, 0) is 23.4 Å². The van der Waals surface area contributed by atoms with Gasteiger partial charge in [0.2, 0.25) is 5.91 Å². The predicted octanol–water partition coefficient (Wildman–Crippen LogP) is 3.77. The first-order chi connectivity index (χ1) is 18.0. The van der Waals surface area contributed by atoms with Gasteiger partial charge in [0.1, 0.15) is 22.7 Å². The molecule has 0 spiro atoms. The topological polar surface area (TPSA) is 155 Å². The van der Waals surface area contributed by atoms with Crippen LogP contribution < -0.4 is 16.6 Å². The third-order valence-corrected chi connectivity index (χ3v) is 8.67. The summed E-state index contributed by atoms with van der Waals surface area (Å²) in [5.41, 5.74) is 7.89. The van der Waals surface area contributed by atoms with Gasteiger partial charge in [-0.3, -0.25) is 14.2 Å². The molecule has 37 heavy (non-hydrogen) atoms. The summed E-state index contributed by atoms with van der Waals surface area (Å²) in [6.07, 6.45) is 4.03. The second kappa shape index (κ2) is 11.2. The summed E-state index contributed by atoms with van der Waals surface area (Å²) in [7, 11) is 0. The summed E-state index contributed by atoms with van der Waals surface area (Å²) < 4.78 is 1.87. The predicted molar refractivity (Wildman–Crippen MR) is 145 cm³/mol. The first-order valence-electron chi connectivity index (χ1n) is 11.5. The van der Waals surface area contributed by atoms with Crippen molar-refractivity contribution in [3.63, 3.8) is 0 Å². The number of para-hydroxylation sites is 1. The SMILES string of the molecule is N#Cc1c(NC(=O)CSc2nnc(CSc3nc(N)cc(=O)[nH]3)n2-c2ccccc2)sc2c1CCCC2. The maximum Gasteiger partial charge on any atom is 0.253 e. The van der Waals surface area contributed by atoms with Gasteiger partial charge in [0.15, 0.2) is 10.3 Å². The van der Waals surface area contributed by atoms with Crippen LogP contribution in [0.3, 0.4) is 0 Å². The Morgan fingerprint density at radius 3 is 2.81 bits per heavy atom. The van der Waals surface area contributed by atoms with Crippen molar-refractivity contribution < 1.29 is 4.79 Å². The Morgan fingerprint density at radius 1 is 1.22 bits per heavy atom. The molecule has 0 saturated carbocycles. The Morgan fingerprint density at radius 2 is 2.03 bits per heavy atom. The Balaban J connectivity index is 1.32. The van der Waals surface area contributed by atoms with Crippen LogP contribution in [0.15, 0.2) is 51.5 Å². The number of H-pyrrole nitrogens is 1. The number of rotatable bonds is 8. The number of nitrogens with one attached hydrogen (secondary N) is 2. The van der Waals surface area contributed by atoms with Crippen LogP contribution >= 0.6 is 34.9 Å². The lowest BCUT2D eigenvalue weighted by atomic mass is 9.96. The van der Waals surface area contributed by atoms with Crippen LogP contribution in [0, 0.1) is 11.3 Å². The average molecular weight is 551 g/mol. The van der Waals surface area contributed by atoms with Gasteiger partial charge in [-0.2, -0.15) is 5.26 Å². The number of aryl methyl sites for hydroxylation is 1. The van der Waals surface area contributed by atoms with E-state index < -0.39 is 0 Å². The Labute approximate surface area is 224 Å². The van der Waals surface area contributed by atoms with Gasteiger partial charge in [0.05, 0.1) is 17.1 Å². The molecule has 0 atom stereocenters. The summed E-state index contributed by atoms with van der Waals surface area (Å²) in [5.74, 6) is 1.04. The molecule has 0 bridgehead atoms. The molecule has 3 aromatic heterocycles. The van der Waals surface area contributed by atoms with Crippen LogP contribution in [0.5, 0.6) is 0 Å². The summed E-state index contributed by atoms with van der Waals surface area (Å²) >= 11 is 4.05. The molecule has 3 heterocycles. The van der Waals surface area contributed by atoms with Gasteiger partial charge in [-0.05, 0) is 43.4 Å². The summed E-state index contributed by atoms with van der Waals surface area (Å²) in [4.78, 5) is 32.6. The number of nitriles is 1. The number of hydrogen-bond donors (Lipinski definition) is 3. The van der Waals surface area contributed by atoms with Crippen molar-refractivity contribution in [3.05, 3.63) is 68.6 Å². The second-order valence-electron chi connectivity index (χ2n) is 8.20. The molecule has 4 aromatic rings. The molecule has 0 aliphatic heterocycles. The number of carbonyl (C=O) groups is 1. The number of nitrogens with two attached hydrogens (primary N) is 1. The van der Waals surface area contributed by atoms with Gasteiger partial charge in [-0.25, -0.2) is 4.98 Å². The molecule has 0 unspecified atom stereocenters. The van der Waals surface area contributed by atoms with E-state index in [1.807, 2.05) is 34.9 Å². The molecule has 4 N–H and O–H groups in total. The molecular formula is C24H22N8O2S3. The number of benzene rings is 1. The number of hydrogen-bond acceptors (Lipinski definition) is 10. The van der Waals surface area contributed by atoms with E-state index in [9.17, 15) is 14.9 Å². The minimum atomic E-state index is -0.326. The number of thioether (sulfide) groups is 2. The lowest BCUT2D eigenvalue weighted by molar-refractivity contribution is -0.113. The van der Waals surface area contributed by atoms with Gasteiger partial charge in [0.25, 0.3) is 5.56 Å². The first-order valence-corrected chi connectivity index (χ1v) is 14.3. The number of aromatic amines is 1. The van der Waals surface area contributed by atoms with Gasteiger partial charge < -0.3 is 16.0 Å². The fourth-order valence-corrected chi connectivity index (χ4v) is 6.87. The number of amides is 1. The highest BCUT2D eigenvalue weighted by atomic mass is 32.2. The Bertz CT molecular complexity index is 1540. The van der Waals surface area contributed by atoms with Crippen molar-refractivity contribution in [2.24, 2.45) is 0 Å². The van der Waals surface area contributed by atoms with Crippen molar-refractivity contribution in [1.29, 1.82) is 5.26 Å². The van der Waals surface area contributed by atoms with Gasteiger partial charge in [0, 0.05) is 16.6 Å². The van der Waals surface area contributed by atoms with Crippen LogP contribution in [0.25, 0.3) is 5.69 Å². The smallest absolute Gasteiger partial charge is 0.253 e. The number of anilines is 2. The van der Waals surface area contributed by atoms with E-state index >= 15 is 0 Å². The van der Waals surface area contributed by atoms with Crippen molar-refractivity contribution >= 4 is 51.6 Å². The number of aromatic nitrogens is 5. The maximum absolute atomic E-state index is 12.8. The lowest BCUT2D eigenvalue weighted by Gasteiger charge is -2.10. The van der Waals surface area contributed by atoms with E-state index in [4.69, 9.17) is 5.73 Å². The zero-order valence-electron chi connectivity index (χ0n) is 19.6. The van der Waals surface area contributed by atoms with Crippen molar-refractivity contribution in [2.75, 3.05) is 16.8 Å². The summed E-state index contributed by atoms with van der Waals surface area (Å²) in [6.45, 7) is 0. The highest BCUT2D eigenvalue weighted by Crippen LogP contribution is 2.37. The molecular weight excluding hydrogens is 529 g/mol. The minimum Gasteiger partial charge on any atom is -0.383 e. The first kappa shape index (κ1) is 25.1. The van der Waals surface area contributed by atoms with Gasteiger partial charge >= 0.3 is 0 Å². The maximum atomic E-state index is 12.8. The second-order valence-corrected chi connectivity index (χ2v) is 11.2. The van der Waals surface area contributed by atoms with Gasteiger partial charge in [-0.15, -0.1) is 21.5 Å². The zero-order chi connectivity index (χ0) is 25.8. The number of thiophene rings is 1. The molecule has 1 aliphatic carbocycles. The van der Waals surface area contributed by atoms with Crippen molar-refractivity contribution in [3.8, 4) is 11.8 Å². The minimum absolute atomic E-state index is 0.107. The van der Waals surface area contributed by atoms with E-state index in [0.717, 1.165) is 36.9 Å². The summed E-state index contributed by atoms with van der Waals surface area (Å²) in [5, 5.41) is 22.8. The van der Waals surface area contributed by atoms with E-state index in [2.05, 4.69) is 31.6 Å². The van der Waals surface area contributed by atoms with Crippen LogP contribution in [-0.4, -0.2) is 36.4 Å². The quantitative estimate of drug-likeness (QED) is 0.220. The number of nitrogens with zero attached hydrogens (tertiary/aromatic N) is 5. The molecule has 10 nitrogen and oxygen atoms in total. The molecule has 5 rings (SSSR count). The third kappa shape index (κ3) is 5.71. The fraction of sp³-hybridized carbons (Fsp3) is 0.250. The summed E-state index contributed by atoms with van der Waals surface area (Å²) in [6, 6.07) is 13.1. The van der Waals surface area contributed by atoms with Crippen LogP contribution in [0.4, 0.5) is 10.8 Å². The third-order valence-electron chi connectivity index (χ3n) is 5.66. The highest BCUT2D eigenvalue weighted by molar-refractivity contribution is 7.99. The largest absolute Gasteiger partial charge is 0.383 e. The van der Waals surface area contributed by atoms with Gasteiger partial charge in [-0.1, -0.05) is 41.7 Å². The van der Waals surface area contributed by atoms with Crippen molar-refractivity contribution in [2.45, 2.75) is 41.7 Å². The van der Waals surface area contributed by atoms with E-state index in [-0.39, 0.29) is 23.0 Å². The average Bonchev–Trinajstić information content (AvgIpc) is 3.46. The lowest BCUT2D eigenvalue weighted by Crippen LogP contribution is -2.14. The molecule has 188 valence electrons. The Hall–Kier alpha value is -3.60.